The van der Waals surface area contributed by atoms with Gasteiger partial charge in [0.2, 0.25) is 0 Å². The molecule has 1 aromatic rings. The first kappa shape index (κ1) is 11.0. The van der Waals surface area contributed by atoms with Crippen LogP contribution in [0.1, 0.15) is 23.2 Å². The Bertz CT molecular complexity index is 369. The van der Waals surface area contributed by atoms with Crippen molar-refractivity contribution < 1.29 is 19.4 Å². The monoisotopic (exact) mass is 222 g/mol. The van der Waals surface area contributed by atoms with Gasteiger partial charge >= 0.3 is 5.97 Å². The van der Waals surface area contributed by atoms with Gasteiger partial charge in [0, 0.05) is 6.61 Å². The normalized spacial score (nSPS) is 19.6. The number of ether oxygens (including phenoxy) is 2. The van der Waals surface area contributed by atoms with Crippen molar-refractivity contribution >= 4 is 5.97 Å². The molecule has 4 nitrogen and oxygen atoms in total. The van der Waals surface area contributed by atoms with Crippen LogP contribution in [-0.4, -0.2) is 30.4 Å². The zero-order valence-corrected chi connectivity index (χ0v) is 8.89. The van der Waals surface area contributed by atoms with Gasteiger partial charge in [-0.05, 0) is 25.0 Å². The highest BCUT2D eigenvalue weighted by Gasteiger charge is 2.19. The fourth-order valence-electron chi connectivity index (χ4n) is 1.67. The van der Waals surface area contributed by atoms with Gasteiger partial charge in [0.05, 0.1) is 6.10 Å². The molecule has 1 unspecified atom stereocenters. The number of carbonyl (C=O) groups is 1. The van der Waals surface area contributed by atoms with Crippen LogP contribution in [0.3, 0.4) is 0 Å². The first-order valence-corrected chi connectivity index (χ1v) is 5.34. The molecule has 86 valence electrons. The fourth-order valence-corrected chi connectivity index (χ4v) is 1.67. The van der Waals surface area contributed by atoms with E-state index in [-0.39, 0.29) is 24.0 Å². The Balaban J connectivity index is 1.90. The van der Waals surface area contributed by atoms with E-state index >= 15 is 0 Å². The van der Waals surface area contributed by atoms with Gasteiger partial charge in [-0.15, -0.1) is 0 Å². The van der Waals surface area contributed by atoms with Crippen LogP contribution in [0.25, 0.3) is 0 Å². The largest absolute Gasteiger partial charge is 0.507 e. The summed E-state index contributed by atoms with van der Waals surface area (Å²) in [6, 6.07) is 6.34. The average Bonchev–Trinajstić information content (AvgIpc) is 2.79. The molecule has 1 N–H and O–H groups in total. The number of benzene rings is 1. The molecule has 1 heterocycles. The second kappa shape index (κ2) is 4.99. The number of carbonyl (C=O) groups excluding carboxylic acids is 1. The molecule has 0 saturated carbocycles. The summed E-state index contributed by atoms with van der Waals surface area (Å²) >= 11 is 0. The van der Waals surface area contributed by atoms with Crippen molar-refractivity contribution in [2.75, 3.05) is 13.2 Å². The topological polar surface area (TPSA) is 55.8 Å². The predicted molar refractivity (Wildman–Crippen MR) is 57.4 cm³/mol. The standard InChI is InChI=1S/C12H14O4/c13-11-6-2-1-5-10(11)12(14)16-8-9-4-3-7-15-9/h1-2,5-6,9,13H,3-4,7-8H2. The van der Waals surface area contributed by atoms with E-state index in [0.29, 0.717) is 0 Å². The zero-order chi connectivity index (χ0) is 11.4. The van der Waals surface area contributed by atoms with Gasteiger partial charge < -0.3 is 14.6 Å². The Morgan fingerprint density at radius 3 is 3.00 bits per heavy atom. The second-order valence-corrected chi connectivity index (χ2v) is 3.75. The number of hydrogen-bond donors (Lipinski definition) is 1. The molecular weight excluding hydrogens is 208 g/mol. The quantitative estimate of drug-likeness (QED) is 0.791. The summed E-state index contributed by atoms with van der Waals surface area (Å²) in [7, 11) is 0. The number of phenolic OH excluding ortho intramolecular Hbond substituents is 1. The highest BCUT2D eigenvalue weighted by molar-refractivity contribution is 5.92. The third kappa shape index (κ3) is 2.52. The van der Waals surface area contributed by atoms with E-state index in [2.05, 4.69) is 0 Å². The van der Waals surface area contributed by atoms with Gasteiger partial charge in [-0.25, -0.2) is 4.79 Å². The van der Waals surface area contributed by atoms with Gasteiger partial charge in [-0.2, -0.15) is 0 Å². The summed E-state index contributed by atoms with van der Waals surface area (Å²) in [6.07, 6.45) is 1.95. The van der Waals surface area contributed by atoms with Crippen LogP contribution in [0, 0.1) is 0 Å². The Kier molecular flexibility index (Phi) is 3.41. The lowest BCUT2D eigenvalue weighted by Crippen LogP contribution is -2.17. The maximum Gasteiger partial charge on any atom is 0.342 e. The number of rotatable bonds is 3. The molecule has 1 aliphatic heterocycles. The highest BCUT2D eigenvalue weighted by Crippen LogP contribution is 2.18. The number of esters is 1. The van der Waals surface area contributed by atoms with E-state index < -0.39 is 5.97 Å². The maximum absolute atomic E-state index is 11.6. The third-order valence-electron chi connectivity index (χ3n) is 2.55. The van der Waals surface area contributed by atoms with Gasteiger partial charge in [-0.1, -0.05) is 12.1 Å². The molecule has 0 amide bonds. The molecule has 0 aliphatic carbocycles. The molecule has 0 bridgehead atoms. The lowest BCUT2D eigenvalue weighted by atomic mass is 10.2. The molecule has 1 saturated heterocycles. The molecular formula is C12H14O4. The first-order chi connectivity index (χ1) is 7.77. The second-order valence-electron chi connectivity index (χ2n) is 3.75. The van der Waals surface area contributed by atoms with Crippen molar-refractivity contribution in [2.24, 2.45) is 0 Å². The van der Waals surface area contributed by atoms with E-state index in [4.69, 9.17) is 9.47 Å². The summed E-state index contributed by atoms with van der Waals surface area (Å²) in [5, 5.41) is 9.44. The van der Waals surface area contributed by atoms with Crippen LogP contribution in [0.5, 0.6) is 5.75 Å². The minimum Gasteiger partial charge on any atom is -0.507 e. The molecule has 1 atom stereocenters. The van der Waals surface area contributed by atoms with E-state index in [1.165, 1.54) is 12.1 Å². The summed E-state index contributed by atoms with van der Waals surface area (Å²) in [4.78, 5) is 11.6. The van der Waals surface area contributed by atoms with Crippen LogP contribution >= 0.6 is 0 Å². The minimum absolute atomic E-state index is 0.00908. The lowest BCUT2D eigenvalue weighted by molar-refractivity contribution is 0.0159. The predicted octanol–water partition coefficient (Wildman–Crippen LogP) is 1.73. The molecule has 2 rings (SSSR count). The van der Waals surface area contributed by atoms with Crippen molar-refractivity contribution in [1.29, 1.82) is 0 Å². The molecule has 1 aliphatic rings. The van der Waals surface area contributed by atoms with Gasteiger partial charge in [0.1, 0.15) is 17.9 Å². The van der Waals surface area contributed by atoms with Gasteiger partial charge in [0.15, 0.2) is 0 Å². The highest BCUT2D eigenvalue weighted by atomic mass is 16.6. The smallest absolute Gasteiger partial charge is 0.342 e. The number of para-hydroxylation sites is 1. The SMILES string of the molecule is O=C(OCC1CCCO1)c1ccccc1O. The van der Waals surface area contributed by atoms with Crippen molar-refractivity contribution in [1.82, 2.24) is 0 Å². The van der Waals surface area contributed by atoms with Crippen LogP contribution in [0.2, 0.25) is 0 Å². The Hall–Kier alpha value is -1.55. The van der Waals surface area contributed by atoms with Crippen molar-refractivity contribution in [3.05, 3.63) is 29.8 Å². The molecule has 0 aromatic heterocycles. The zero-order valence-electron chi connectivity index (χ0n) is 8.89. The summed E-state index contributed by atoms with van der Waals surface area (Å²) in [5.41, 5.74) is 0.195. The molecule has 0 radical (unpaired) electrons. The van der Waals surface area contributed by atoms with E-state index in [0.717, 1.165) is 19.4 Å². The summed E-state index contributed by atoms with van der Waals surface area (Å²) < 4.78 is 10.4. The molecule has 1 aromatic carbocycles. The summed E-state index contributed by atoms with van der Waals surface area (Å²) in [5.74, 6) is -0.562. The Labute approximate surface area is 93.8 Å². The van der Waals surface area contributed by atoms with Crippen LogP contribution < -0.4 is 0 Å². The van der Waals surface area contributed by atoms with E-state index in [1.807, 2.05) is 0 Å². The van der Waals surface area contributed by atoms with Crippen molar-refractivity contribution in [3.63, 3.8) is 0 Å². The lowest BCUT2D eigenvalue weighted by Gasteiger charge is -2.10. The molecule has 0 spiro atoms. The average molecular weight is 222 g/mol. The Morgan fingerprint density at radius 1 is 1.50 bits per heavy atom. The van der Waals surface area contributed by atoms with Crippen LogP contribution in [0.4, 0.5) is 0 Å². The van der Waals surface area contributed by atoms with Gasteiger partial charge in [-0.3, -0.25) is 0 Å². The summed E-state index contributed by atoms with van der Waals surface area (Å²) in [6.45, 7) is 0.992. The van der Waals surface area contributed by atoms with E-state index in [1.54, 1.807) is 12.1 Å². The third-order valence-corrected chi connectivity index (χ3v) is 2.55. The number of hydrogen-bond acceptors (Lipinski definition) is 4. The van der Waals surface area contributed by atoms with Gasteiger partial charge in [0.25, 0.3) is 0 Å². The molecule has 1 fully saturated rings. The minimum atomic E-state index is -0.506. The molecule has 16 heavy (non-hydrogen) atoms. The Morgan fingerprint density at radius 2 is 2.31 bits per heavy atom. The fraction of sp³-hybridized carbons (Fsp3) is 0.417. The van der Waals surface area contributed by atoms with Crippen LogP contribution in [0.15, 0.2) is 24.3 Å². The van der Waals surface area contributed by atoms with E-state index in [9.17, 15) is 9.90 Å². The van der Waals surface area contributed by atoms with Crippen LogP contribution in [-0.2, 0) is 9.47 Å². The van der Waals surface area contributed by atoms with Crippen molar-refractivity contribution in [2.45, 2.75) is 18.9 Å². The first-order valence-electron chi connectivity index (χ1n) is 5.34. The molecule has 4 heteroatoms. The number of phenols is 1. The number of aromatic hydroxyl groups is 1. The van der Waals surface area contributed by atoms with Crippen molar-refractivity contribution in [3.8, 4) is 5.75 Å². The maximum atomic E-state index is 11.6.